The Balaban J connectivity index is 3.35. The van der Waals surface area contributed by atoms with E-state index >= 15 is 0 Å². The van der Waals surface area contributed by atoms with Crippen molar-refractivity contribution in [2.75, 3.05) is 6.61 Å². The van der Waals surface area contributed by atoms with Crippen LogP contribution in [0.3, 0.4) is 0 Å². The van der Waals surface area contributed by atoms with Gasteiger partial charge >= 0.3 is 5.97 Å². The molecule has 0 aromatic carbocycles. The average molecular weight is 353 g/mol. The summed E-state index contributed by atoms with van der Waals surface area (Å²) in [5.74, 6) is 0.264. The Bertz CT molecular complexity index is 322. The number of carbonyl (C=O) groups is 1. The fourth-order valence-corrected chi connectivity index (χ4v) is 3.17. The molecule has 0 bridgehead atoms. The fourth-order valence-electron chi connectivity index (χ4n) is 3.17. The lowest BCUT2D eigenvalue weighted by molar-refractivity contribution is -0.140. The maximum atomic E-state index is 11.4. The molecule has 1 atom stereocenters. The van der Waals surface area contributed by atoms with Crippen molar-refractivity contribution < 1.29 is 9.53 Å². The minimum atomic E-state index is -0.246. The first kappa shape index (κ1) is 24.2. The molecule has 0 fully saturated rings. The fraction of sp³-hybridized carbons (Fsp3) is 0.870. The monoisotopic (exact) mass is 352 g/mol. The maximum absolute atomic E-state index is 11.4. The lowest BCUT2D eigenvalue weighted by atomic mass is 9.98. The number of hydrogen-bond acceptors (Lipinski definition) is 2. The minimum Gasteiger partial charge on any atom is -0.462 e. The van der Waals surface area contributed by atoms with E-state index in [0.29, 0.717) is 18.1 Å². The van der Waals surface area contributed by atoms with Gasteiger partial charge in [0.2, 0.25) is 0 Å². The highest BCUT2D eigenvalue weighted by Gasteiger charge is 2.10. The molecule has 0 aromatic heterocycles. The molecule has 0 heterocycles. The van der Waals surface area contributed by atoms with Crippen LogP contribution in [0.1, 0.15) is 117 Å². The van der Waals surface area contributed by atoms with E-state index in [1.54, 1.807) is 6.92 Å². The van der Waals surface area contributed by atoms with Crippen LogP contribution in [0.25, 0.3) is 0 Å². The van der Waals surface area contributed by atoms with Crippen LogP contribution in [0, 0.1) is 5.92 Å². The molecular weight excluding hydrogens is 308 g/mol. The predicted molar refractivity (Wildman–Crippen MR) is 110 cm³/mol. The molecule has 25 heavy (non-hydrogen) atoms. The number of esters is 1. The number of hydrogen-bond donors (Lipinski definition) is 0. The molecule has 148 valence electrons. The minimum absolute atomic E-state index is 0.246. The molecule has 0 saturated carbocycles. The van der Waals surface area contributed by atoms with Gasteiger partial charge in [-0.3, -0.25) is 0 Å². The molecule has 0 N–H and O–H groups in total. The molecule has 0 amide bonds. The van der Waals surface area contributed by atoms with Gasteiger partial charge in [-0.05, 0) is 19.3 Å². The van der Waals surface area contributed by atoms with Crippen LogP contribution in [0.2, 0.25) is 0 Å². The summed E-state index contributed by atoms with van der Waals surface area (Å²) in [7, 11) is 0. The standard InChI is InChI=1S/C23H44O2/c1-5-7-8-9-10-11-12-13-14-15-16-17-18-19-22(6-2)20-25-23(24)21(3)4/h22H,3,5-20H2,1-2,4H3. The van der Waals surface area contributed by atoms with Crippen LogP contribution in [0.15, 0.2) is 12.2 Å². The van der Waals surface area contributed by atoms with Crippen LogP contribution in [-0.2, 0) is 9.53 Å². The van der Waals surface area contributed by atoms with Crippen LogP contribution in [-0.4, -0.2) is 12.6 Å². The zero-order chi connectivity index (χ0) is 18.8. The van der Waals surface area contributed by atoms with E-state index in [2.05, 4.69) is 20.4 Å². The second-order valence-electron chi connectivity index (χ2n) is 7.68. The van der Waals surface area contributed by atoms with Gasteiger partial charge in [0.25, 0.3) is 0 Å². The summed E-state index contributed by atoms with van der Waals surface area (Å²) in [6.07, 6.45) is 20.4. The summed E-state index contributed by atoms with van der Waals surface area (Å²) in [6, 6.07) is 0. The molecule has 0 aliphatic rings. The van der Waals surface area contributed by atoms with Gasteiger partial charge in [0.05, 0.1) is 6.61 Å². The molecule has 1 unspecified atom stereocenters. The van der Waals surface area contributed by atoms with Gasteiger partial charge in [-0.2, -0.15) is 0 Å². The van der Waals surface area contributed by atoms with Gasteiger partial charge in [0.15, 0.2) is 0 Å². The van der Waals surface area contributed by atoms with Crippen molar-refractivity contribution in [3.63, 3.8) is 0 Å². The van der Waals surface area contributed by atoms with Crippen molar-refractivity contribution in [3.05, 3.63) is 12.2 Å². The zero-order valence-electron chi connectivity index (χ0n) is 17.4. The third kappa shape index (κ3) is 16.4. The number of carbonyl (C=O) groups excluding carboxylic acids is 1. The molecule has 0 rings (SSSR count). The van der Waals surface area contributed by atoms with Crippen LogP contribution >= 0.6 is 0 Å². The SMILES string of the molecule is C=C(C)C(=O)OCC(CC)CCCCCCCCCCCCCCC. The molecule has 0 aliphatic heterocycles. The number of ether oxygens (including phenoxy) is 1. The molecule has 0 aromatic rings. The lowest BCUT2D eigenvalue weighted by Crippen LogP contribution is -2.14. The van der Waals surface area contributed by atoms with Crippen molar-refractivity contribution in [1.29, 1.82) is 0 Å². The Morgan fingerprint density at radius 2 is 1.24 bits per heavy atom. The van der Waals surface area contributed by atoms with E-state index in [9.17, 15) is 4.79 Å². The van der Waals surface area contributed by atoms with Gasteiger partial charge in [0.1, 0.15) is 0 Å². The van der Waals surface area contributed by atoms with Gasteiger partial charge in [-0.1, -0.05) is 110 Å². The Hall–Kier alpha value is -0.790. The molecular formula is C23H44O2. The smallest absolute Gasteiger partial charge is 0.333 e. The molecule has 0 aliphatic carbocycles. The van der Waals surface area contributed by atoms with Gasteiger partial charge in [0, 0.05) is 5.57 Å². The highest BCUT2D eigenvalue weighted by atomic mass is 16.5. The van der Waals surface area contributed by atoms with E-state index in [4.69, 9.17) is 4.74 Å². The predicted octanol–water partition coefficient (Wildman–Crippen LogP) is 7.61. The van der Waals surface area contributed by atoms with Gasteiger partial charge in [-0.15, -0.1) is 0 Å². The Kier molecular flexibility index (Phi) is 17.4. The van der Waals surface area contributed by atoms with E-state index in [-0.39, 0.29) is 5.97 Å². The highest BCUT2D eigenvalue weighted by molar-refractivity contribution is 5.86. The average Bonchev–Trinajstić information content (AvgIpc) is 2.61. The van der Waals surface area contributed by atoms with Crippen molar-refractivity contribution >= 4 is 5.97 Å². The normalized spacial score (nSPS) is 12.1. The summed E-state index contributed by atoms with van der Waals surface area (Å²) >= 11 is 0. The largest absolute Gasteiger partial charge is 0.462 e. The Morgan fingerprint density at radius 1 is 0.800 bits per heavy atom. The van der Waals surface area contributed by atoms with E-state index < -0.39 is 0 Å². The zero-order valence-corrected chi connectivity index (χ0v) is 17.4. The number of unbranched alkanes of at least 4 members (excludes halogenated alkanes) is 12. The van der Waals surface area contributed by atoms with Crippen molar-refractivity contribution in [1.82, 2.24) is 0 Å². The second-order valence-corrected chi connectivity index (χ2v) is 7.68. The quantitative estimate of drug-likeness (QED) is 0.144. The first-order valence-corrected chi connectivity index (χ1v) is 10.9. The van der Waals surface area contributed by atoms with E-state index in [1.807, 2.05) is 0 Å². The lowest BCUT2D eigenvalue weighted by Gasteiger charge is -2.15. The summed E-state index contributed by atoms with van der Waals surface area (Å²) in [4.78, 5) is 11.4. The third-order valence-corrected chi connectivity index (χ3v) is 5.09. The first-order chi connectivity index (χ1) is 12.1. The van der Waals surface area contributed by atoms with Crippen LogP contribution in [0.5, 0.6) is 0 Å². The van der Waals surface area contributed by atoms with Crippen LogP contribution in [0.4, 0.5) is 0 Å². The summed E-state index contributed by atoms with van der Waals surface area (Å²) < 4.78 is 5.28. The van der Waals surface area contributed by atoms with Crippen LogP contribution < -0.4 is 0 Å². The Labute approximate surface area is 157 Å². The van der Waals surface area contributed by atoms with Gasteiger partial charge in [-0.25, -0.2) is 4.79 Å². The molecule has 2 nitrogen and oxygen atoms in total. The summed E-state index contributed by atoms with van der Waals surface area (Å²) in [5.41, 5.74) is 0.496. The summed E-state index contributed by atoms with van der Waals surface area (Å²) in [6.45, 7) is 10.3. The molecule has 0 spiro atoms. The van der Waals surface area contributed by atoms with Crippen molar-refractivity contribution in [2.24, 2.45) is 5.92 Å². The number of rotatable bonds is 18. The molecule has 2 heteroatoms. The summed E-state index contributed by atoms with van der Waals surface area (Å²) in [5, 5.41) is 0. The van der Waals surface area contributed by atoms with Gasteiger partial charge < -0.3 is 4.74 Å². The first-order valence-electron chi connectivity index (χ1n) is 10.9. The highest BCUT2D eigenvalue weighted by Crippen LogP contribution is 2.17. The topological polar surface area (TPSA) is 26.3 Å². The van der Waals surface area contributed by atoms with E-state index in [1.165, 1.54) is 89.9 Å². The van der Waals surface area contributed by atoms with E-state index in [0.717, 1.165) is 6.42 Å². The maximum Gasteiger partial charge on any atom is 0.333 e. The molecule has 0 radical (unpaired) electrons. The Morgan fingerprint density at radius 3 is 1.64 bits per heavy atom. The third-order valence-electron chi connectivity index (χ3n) is 5.09. The second kappa shape index (κ2) is 18.0. The van der Waals surface area contributed by atoms with Crippen molar-refractivity contribution in [2.45, 2.75) is 117 Å². The van der Waals surface area contributed by atoms with Crippen molar-refractivity contribution in [3.8, 4) is 0 Å². The molecule has 0 saturated heterocycles.